The van der Waals surface area contributed by atoms with Gasteiger partial charge in [0.2, 0.25) is 0 Å². The van der Waals surface area contributed by atoms with E-state index in [4.69, 9.17) is 4.99 Å². The molecule has 2 N–H and O–H groups in total. The zero-order chi connectivity index (χ0) is 22.7. The van der Waals surface area contributed by atoms with Crippen LogP contribution in [0.4, 0.5) is 0 Å². The summed E-state index contributed by atoms with van der Waals surface area (Å²) in [4.78, 5) is 4.73. The van der Waals surface area contributed by atoms with Gasteiger partial charge in [0.05, 0.1) is 5.75 Å². The summed E-state index contributed by atoms with van der Waals surface area (Å²) in [6.07, 6.45) is 2.82. The maximum atomic E-state index is 11.5. The third-order valence-corrected chi connectivity index (χ3v) is 6.23. The van der Waals surface area contributed by atoms with E-state index < -0.39 is 9.84 Å². The van der Waals surface area contributed by atoms with E-state index in [-0.39, 0.29) is 35.1 Å². The van der Waals surface area contributed by atoms with E-state index in [9.17, 15) is 8.42 Å². The Labute approximate surface area is 211 Å². The maximum Gasteiger partial charge on any atom is 0.191 e. The van der Waals surface area contributed by atoms with Gasteiger partial charge >= 0.3 is 0 Å². The largest absolute Gasteiger partial charge is 0.357 e. The van der Waals surface area contributed by atoms with Gasteiger partial charge in [0, 0.05) is 31.8 Å². The van der Waals surface area contributed by atoms with Crippen molar-refractivity contribution in [2.24, 2.45) is 10.4 Å². The second-order valence-corrected chi connectivity index (χ2v) is 11.1. The molecule has 5 nitrogen and oxygen atoms in total. The van der Waals surface area contributed by atoms with Crippen LogP contribution in [0.25, 0.3) is 0 Å². The number of nitrogens with one attached hydrogen (secondary N) is 2. The van der Waals surface area contributed by atoms with Crippen molar-refractivity contribution in [1.29, 1.82) is 0 Å². The van der Waals surface area contributed by atoms with Gasteiger partial charge < -0.3 is 10.6 Å². The highest BCUT2D eigenvalue weighted by molar-refractivity contribution is 14.0. The normalized spacial score (nSPS) is 12.3. The summed E-state index contributed by atoms with van der Waals surface area (Å²) >= 11 is 0. The molecular weight excluding hydrogens is 533 g/mol. The van der Waals surface area contributed by atoms with Crippen LogP contribution in [0.3, 0.4) is 0 Å². The summed E-state index contributed by atoms with van der Waals surface area (Å²) in [6, 6.07) is 21.2. The van der Waals surface area contributed by atoms with Gasteiger partial charge in [0.25, 0.3) is 0 Å². The van der Waals surface area contributed by atoms with Crippen LogP contribution in [-0.4, -0.2) is 46.0 Å². The van der Waals surface area contributed by atoms with E-state index in [1.54, 1.807) is 0 Å². The molecule has 7 heteroatoms. The maximum absolute atomic E-state index is 11.5. The SMILES string of the molecule is CCNC(=NCC(C)(C)CCS(C)(=O)=O)NCCC(c1ccccc1)c1ccccc1.I. The van der Waals surface area contributed by atoms with E-state index in [0.29, 0.717) is 18.9 Å². The predicted octanol–water partition coefficient (Wildman–Crippen LogP) is 4.84. The number of halogens is 1. The number of hydrogen-bond donors (Lipinski definition) is 2. The average molecular weight is 572 g/mol. The van der Waals surface area contributed by atoms with Crippen molar-refractivity contribution in [1.82, 2.24) is 10.6 Å². The molecule has 0 aliphatic rings. The fourth-order valence-corrected chi connectivity index (χ4v) is 4.33. The van der Waals surface area contributed by atoms with Gasteiger partial charge in [0.1, 0.15) is 9.84 Å². The Morgan fingerprint density at radius 2 is 1.50 bits per heavy atom. The number of hydrogen-bond acceptors (Lipinski definition) is 3. The Morgan fingerprint density at radius 3 is 1.97 bits per heavy atom. The lowest BCUT2D eigenvalue weighted by Gasteiger charge is -2.23. The second kappa shape index (κ2) is 13.8. The molecule has 0 heterocycles. The van der Waals surface area contributed by atoms with Crippen molar-refractivity contribution < 1.29 is 8.42 Å². The van der Waals surface area contributed by atoms with Gasteiger partial charge in [-0.15, -0.1) is 24.0 Å². The fraction of sp³-hybridized carbons (Fsp3) is 0.480. The number of sulfone groups is 1. The second-order valence-electron chi connectivity index (χ2n) is 8.83. The monoisotopic (exact) mass is 571 g/mol. The lowest BCUT2D eigenvalue weighted by molar-refractivity contribution is 0.365. The molecule has 32 heavy (non-hydrogen) atoms. The minimum Gasteiger partial charge on any atom is -0.357 e. The molecule has 0 bridgehead atoms. The predicted molar refractivity (Wildman–Crippen MR) is 147 cm³/mol. The van der Waals surface area contributed by atoms with E-state index in [1.165, 1.54) is 17.4 Å². The summed E-state index contributed by atoms with van der Waals surface area (Å²) in [5.41, 5.74) is 2.43. The Morgan fingerprint density at radius 1 is 0.969 bits per heavy atom. The van der Waals surface area contributed by atoms with Crippen LogP contribution < -0.4 is 10.6 Å². The van der Waals surface area contributed by atoms with Crippen molar-refractivity contribution >= 4 is 39.8 Å². The van der Waals surface area contributed by atoms with Crippen LogP contribution in [0.2, 0.25) is 0 Å². The molecule has 2 rings (SSSR count). The van der Waals surface area contributed by atoms with Crippen molar-refractivity contribution in [2.45, 2.75) is 39.5 Å². The van der Waals surface area contributed by atoms with Crippen LogP contribution in [0.5, 0.6) is 0 Å². The Balaban J connectivity index is 0.00000512. The molecule has 2 aromatic carbocycles. The molecule has 0 spiro atoms. The lowest BCUT2D eigenvalue weighted by atomic mass is 9.88. The molecule has 0 saturated carbocycles. The Hall–Kier alpha value is -1.61. The zero-order valence-corrected chi connectivity index (χ0v) is 22.8. The van der Waals surface area contributed by atoms with Gasteiger partial charge in [-0.2, -0.15) is 0 Å². The molecule has 0 atom stereocenters. The first-order chi connectivity index (χ1) is 14.7. The Kier molecular flexibility index (Phi) is 12.3. The van der Waals surface area contributed by atoms with Crippen molar-refractivity contribution in [3.8, 4) is 0 Å². The third kappa shape index (κ3) is 10.8. The van der Waals surface area contributed by atoms with E-state index in [1.807, 2.05) is 19.1 Å². The molecule has 0 aliphatic heterocycles. The highest BCUT2D eigenvalue weighted by Gasteiger charge is 2.20. The number of aliphatic imine (C=N–C) groups is 1. The number of nitrogens with zero attached hydrogens (tertiary/aromatic N) is 1. The number of guanidine groups is 1. The molecule has 0 radical (unpaired) electrons. The van der Waals surface area contributed by atoms with Crippen LogP contribution in [0, 0.1) is 5.41 Å². The minimum atomic E-state index is -2.96. The average Bonchev–Trinajstić information content (AvgIpc) is 2.74. The molecule has 2 aromatic rings. The smallest absolute Gasteiger partial charge is 0.191 e. The van der Waals surface area contributed by atoms with Gasteiger partial charge in [-0.1, -0.05) is 74.5 Å². The molecule has 0 aliphatic carbocycles. The Bertz CT molecular complexity index is 877. The molecule has 0 aromatic heterocycles. The zero-order valence-electron chi connectivity index (χ0n) is 19.7. The number of rotatable bonds is 11. The van der Waals surface area contributed by atoms with Gasteiger partial charge in [-0.3, -0.25) is 4.99 Å². The first-order valence-corrected chi connectivity index (χ1v) is 13.1. The molecule has 178 valence electrons. The first kappa shape index (κ1) is 28.4. The number of benzene rings is 2. The van der Waals surface area contributed by atoms with Crippen molar-refractivity contribution in [3.63, 3.8) is 0 Å². The van der Waals surface area contributed by atoms with Crippen LogP contribution in [-0.2, 0) is 9.84 Å². The fourth-order valence-electron chi connectivity index (χ4n) is 3.41. The van der Waals surface area contributed by atoms with Crippen LogP contribution in [0.1, 0.15) is 50.7 Å². The molecule has 0 saturated heterocycles. The van der Waals surface area contributed by atoms with E-state index in [0.717, 1.165) is 25.5 Å². The standard InChI is InChI=1S/C25H37N3O2S.HI/c1-5-26-24(28-20-25(2,3)17-19-31(4,29)30)27-18-16-23(21-12-8-6-9-13-21)22-14-10-7-11-15-22;/h6-15,23H,5,16-20H2,1-4H3,(H2,26,27,28);1H. The highest BCUT2D eigenvalue weighted by Crippen LogP contribution is 2.27. The van der Waals surface area contributed by atoms with Crippen molar-refractivity contribution in [2.75, 3.05) is 31.6 Å². The quantitative estimate of drug-likeness (QED) is 0.230. The molecule has 0 fully saturated rings. The van der Waals surface area contributed by atoms with Gasteiger partial charge in [0.15, 0.2) is 5.96 Å². The van der Waals surface area contributed by atoms with Crippen LogP contribution in [0.15, 0.2) is 65.7 Å². The first-order valence-electron chi connectivity index (χ1n) is 11.0. The highest BCUT2D eigenvalue weighted by atomic mass is 127. The third-order valence-electron chi connectivity index (χ3n) is 5.29. The summed E-state index contributed by atoms with van der Waals surface area (Å²) in [5, 5.41) is 6.76. The summed E-state index contributed by atoms with van der Waals surface area (Å²) in [7, 11) is -2.96. The van der Waals surface area contributed by atoms with Crippen molar-refractivity contribution in [3.05, 3.63) is 71.8 Å². The minimum absolute atomic E-state index is 0. The molecule has 0 amide bonds. The molecule has 0 unspecified atom stereocenters. The summed E-state index contributed by atoms with van der Waals surface area (Å²) in [5.74, 6) is 1.27. The van der Waals surface area contributed by atoms with E-state index >= 15 is 0 Å². The molecular formula is C25H38IN3O2S. The van der Waals surface area contributed by atoms with Gasteiger partial charge in [-0.05, 0) is 36.3 Å². The summed E-state index contributed by atoms with van der Waals surface area (Å²) < 4.78 is 23.0. The van der Waals surface area contributed by atoms with E-state index in [2.05, 4.69) is 73.0 Å². The summed E-state index contributed by atoms with van der Waals surface area (Å²) in [6.45, 7) is 8.29. The van der Waals surface area contributed by atoms with Gasteiger partial charge in [-0.25, -0.2) is 8.42 Å². The van der Waals surface area contributed by atoms with Crippen LogP contribution >= 0.6 is 24.0 Å². The topological polar surface area (TPSA) is 70.6 Å². The lowest BCUT2D eigenvalue weighted by Crippen LogP contribution is -2.39.